The van der Waals surface area contributed by atoms with E-state index in [-0.39, 0.29) is 5.91 Å². The summed E-state index contributed by atoms with van der Waals surface area (Å²) in [7, 11) is 0. The standard InChI is InChI=1S/C30H33N3OS/c1-19-10-13-27(16-20(19)2)33-29(34)28(31-30(33)35)18-25-17-21(3)32(22(25)4)26-14-11-24(12-15-26)23-8-6-5-7-9-23/h10-18,23H,5-9H2,1-4H3,(H,31,35)/b28-18-. The Morgan fingerprint density at radius 3 is 2.26 bits per heavy atom. The second-order valence-electron chi connectivity index (χ2n) is 9.99. The number of nitrogens with zero attached hydrogens (tertiary/aromatic N) is 2. The maximum absolute atomic E-state index is 13.3. The number of aromatic nitrogens is 1. The number of rotatable bonds is 4. The summed E-state index contributed by atoms with van der Waals surface area (Å²) < 4.78 is 2.26. The Kier molecular flexibility index (Phi) is 6.37. The fourth-order valence-corrected chi connectivity index (χ4v) is 5.75. The maximum atomic E-state index is 13.3. The second kappa shape index (κ2) is 9.46. The summed E-state index contributed by atoms with van der Waals surface area (Å²) in [4.78, 5) is 14.9. The largest absolute Gasteiger partial charge is 0.327 e. The van der Waals surface area contributed by atoms with Gasteiger partial charge < -0.3 is 9.88 Å². The van der Waals surface area contributed by atoms with E-state index in [1.807, 2.05) is 31.2 Å². The van der Waals surface area contributed by atoms with Crippen molar-refractivity contribution < 1.29 is 4.79 Å². The molecule has 5 rings (SSSR count). The molecule has 2 aliphatic rings. The van der Waals surface area contributed by atoms with Gasteiger partial charge in [0.1, 0.15) is 5.70 Å². The molecular weight excluding hydrogens is 450 g/mol. The Balaban J connectivity index is 1.42. The van der Waals surface area contributed by atoms with Gasteiger partial charge in [0.25, 0.3) is 5.91 Å². The van der Waals surface area contributed by atoms with E-state index < -0.39 is 0 Å². The van der Waals surface area contributed by atoms with E-state index in [1.165, 1.54) is 43.2 Å². The van der Waals surface area contributed by atoms with Crippen molar-refractivity contribution in [1.29, 1.82) is 0 Å². The van der Waals surface area contributed by atoms with Crippen LogP contribution in [-0.4, -0.2) is 15.6 Å². The van der Waals surface area contributed by atoms with Crippen LogP contribution in [0.1, 0.15) is 71.7 Å². The van der Waals surface area contributed by atoms with E-state index in [1.54, 1.807) is 4.90 Å². The number of hydrogen-bond acceptors (Lipinski definition) is 2. The third kappa shape index (κ3) is 4.45. The minimum Gasteiger partial charge on any atom is -0.327 e. The van der Waals surface area contributed by atoms with E-state index >= 15 is 0 Å². The van der Waals surface area contributed by atoms with Crippen molar-refractivity contribution in [2.45, 2.75) is 65.7 Å². The Bertz CT molecular complexity index is 1330. The first kappa shape index (κ1) is 23.6. The molecule has 1 N–H and O–H groups in total. The fraction of sp³-hybridized carbons (Fsp3) is 0.333. The number of aryl methyl sites for hydroxylation is 3. The fourth-order valence-electron chi connectivity index (χ4n) is 5.45. The monoisotopic (exact) mass is 483 g/mol. The van der Waals surface area contributed by atoms with Crippen LogP contribution in [0.2, 0.25) is 0 Å². The zero-order valence-corrected chi connectivity index (χ0v) is 21.8. The number of thiocarbonyl (C=S) groups is 1. The molecule has 2 heterocycles. The maximum Gasteiger partial charge on any atom is 0.281 e. The minimum atomic E-state index is -0.125. The van der Waals surface area contributed by atoms with Crippen molar-refractivity contribution in [1.82, 2.24) is 9.88 Å². The zero-order valence-electron chi connectivity index (χ0n) is 21.0. The average Bonchev–Trinajstić information content (AvgIpc) is 3.30. The number of anilines is 1. The Hall–Kier alpha value is -3.18. The van der Waals surface area contributed by atoms with Crippen molar-refractivity contribution in [3.63, 3.8) is 0 Å². The third-order valence-electron chi connectivity index (χ3n) is 7.62. The molecule has 5 heteroatoms. The summed E-state index contributed by atoms with van der Waals surface area (Å²) >= 11 is 5.52. The number of carbonyl (C=O) groups is 1. The first-order valence-electron chi connectivity index (χ1n) is 12.6. The number of amides is 1. The lowest BCUT2D eigenvalue weighted by Gasteiger charge is -2.22. The normalized spacial score (nSPS) is 17.9. The molecule has 0 spiro atoms. The van der Waals surface area contributed by atoms with Crippen LogP contribution in [0.15, 0.2) is 54.2 Å². The molecule has 0 unspecified atom stereocenters. The third-order valence-corrected chi connectivity index (χ3v) is 7.91. The van der Waals surface area contributed by atoms with E-state index in [2.05, 4.69) is 61.0 Å². The van der Waals surface area contributed by atoms with Gasteiger partial charge in [-0.25, -0.2) is 0 Å². The molecule has 0 atom stereocenters. The van der Waals surface area contributed by atoms with Crippen LogP contribution >= 0.6 is 12.2 Å². The van der Waals surface area contributed by atoms with E-state index in [0.29, 0.717) is 16.7 Å². The smallest absolute Gasteiger partial charge is 0.281 e. The molecule has 4 nitrogen and oxygen atoms in total. The van der Waals surface area contributed by atoms with Gasteiger partial charge in [-0.05, 0) is 117 Å². The molecule has 1 saturated carbocycles. The summed E-state index contributed by atoms with van der Waals surface area (Å²) in [6, 6.07) is 17.2. The highest BCUT2D eigenvalue weighted by Crippen LogP contribution is 2.33. The van der Waals surface area contributed by atoms with Gasteiger partial charge in [-0.3, -0.25) is 9.69 Å². The Morgan fingerprint density at radius 2 is 1.57 bits per heavy atom. The van der Waals surface area contributed by atoms with Crippen LogP contribution < -0.4 is 10.2 Å². The zero-order chi connectivity index (χ0) is 24.7. The van der Waals surface area contributed by atoms with Gasteiger partial charge in [0, 0.05) is 17.1 Å². The van der Waals surface area contributed by atoms with Crippen molar-refractivity contribution in [3.05, 3.63) is 87.9 Å². The summed E-state index contributed by atoms with van der Waals surface area (Å²) in [5.41, 5.74) is 9.48. The average molecular weight is 484 g/mol. The topological polar surface area (TPSA) is 37.3 Å². The SMILES string of the molecule is Cc1ccc(N2C(=O)/C(=C/c3cc(C)n(-c4ccc(C5CCCCC5)cc4)c3C)NC2=S)cc1C. The Morgan fingerprint density at radius 1 is 0.886 bits per heavy atom. The summed E-state index contributed by atoms with van der Waals surface area (Å²) in [6.07, 6.45) is 8.60. The van der Waals surface area contributed by atoms with Crippen molar-refractivity contribution in [2.75, 3.05) is 4.90 Å². The molecule has 1 aromatic heterocycles. The second-order valence-corrected chi connectivity index (χ2v) is 10.4. The van der Waals surface area contributed by atoms with Gasteiger partial charge in [0.15, 0.2) is 5.11 Å². The molecule has 1 aliphatic carbocycles. The molecule has 1 saturated heterocycles. The number of carbonyl (C=O) groups excluding carboxylic acids is 1. The van der Waals surface area contributed by atoms with Gasteiger partial charge in [-0.1, -0.05) is 37.5 Å². The highest BCUT2D eigenvalue weighted by molar-refractivity contribution is 7.80. The lowest BCUT2D eigenvalue weighted by molar-refractivity contribution is -0.113. The van der Waals surface area contributed by atoms with Gasteiger partial charge >= 0.3 is 0 Å². The summed E-state index contributed by atoms with van der Waals surface area (Å²) in [5.74, 6) is 0.577. The molecular formula is C30H33N3OS. The molecule has 1 amide bonds. The predicted molar refractivity (Wildman–Crippen MR) is 148 cm³/mol. The first-order chi connectivity index (χ1) is 16.8. The van der Waals surface area contributed by atoms with Gasteiger partial charge in [-0.15, -0.1) is 0 Å². The Labute approximate surface area is 213 Å². The van der Waals surface area contributed by atoms with Crippen molar-refractivity contribution in [2.24, 2.45) is 0 Å². The molecule has 1 aliphatic heterocycles. The predicted octanol–water partition coefficient (Wildman–Crippen LogP) is 7.02. The molecule has 2 fully saturated rings. The van der Waals surface area contributed by atoms with Gasteiger partial charge in [-0.2, -0.15) is 0 Å². The van der Waals surface area contributed by atoms with Crippen LogP contribution in [0, 0.1) is 27.7 Å². The first-order valence-corrected chi connectivity index (χ1v) is 13.0. The molecule has 2 aromatic carbocycles. The van der Waals surface area contributed by atoms with Crippen LogP contribution in [0.5, 0.6) is 0 Å². The van der Waals surface area contributed by atoms with Gasteiger partial charge in [0.2, 0.25) is 0 Å². The summed E-state index contributed by atoms with van der Waals surface area (Å²) in [5, 5.41) is 3.55. The lowest BCUT2D eigenvalue weighted by Crippen LogP contribution is -2.30. The number of benzene rings is 2. The van der Waals surface area contributed by atoms with E-state index in [0.717, 1.165) is 33.9 Å². The number of hydrogen-bond donors (Lipinski definition) is 1. The van der Waals surface area contributed by atoms with E-state index in [4.69, 9.17) is 12.2 Å². The molecule has 35 heavy (non-hydrogen) atoms. The lowest BCUT2D eigenvalue weighted by atomic mass is 9.84. The van der Waals surface area contributed by atoms with Crippen LogP contribution in [-0.2, 0) is 4.79 Å². The highest BCUT2D eigenvalue weighted by atomic mass is 32.1. The van der Waals surface area contributed by atoms with Crippen molar-refractivity contribution in [3.8, 4) is 5.69 Å². The molecule has 3 aromatic rings. The van der Waals surface area contributed by atoms with Gasteiger partial charge in [0.05, 0.1) is 5.69 Å². The highest BCUT2D eigenvalue weighted by Gasteiger charge is 2.32. The summed E-state index contributed by atoms with van der Waals surface area (Å²) in [6.45, 7) is 8.32. The molecule has 0 radical (unpaired) electrons. The molecule has 0 bridgehead atoms. The van der Waals surface area contributed by atoms with Crippen LogP contribution in [0.25, 0.3) is 11.8 Å². The van der Waals surface area contributed by atoms with E-state index in [9.17, 15) is 4.79 Å². The van der Waals surface area contributed by atoms with Crippen LogP contribution in [0.3, 0.4) is 0 Å². The quantitative estimate of drug-likeness (QED) is 0.320. The van der Waals surface area contributed by atoms with Crippen molar-refractivity contribution >= 4 is 35.0 Å². The number of nitrogens with one attached hydrogen (secondary N) is 1. The van der Waals surface area contributed by atoms with Crippen LogP contribution in [0.4, 0.5) is 5.69 Å². The minimum absolute atomic E-state index is 0.125. The molecule has 180 valence electrons.